The monoisotopic (exact) mass is 544 g/mol. The van der Waals surface area contributed by atoms with Crippen LogP contribution in [-0.2, 0) is 34.5 Å². The summed E-state index contributed by atoms with van der Waals surface area (Å²) in [6.07, 6.45) is 4.10. The highest BCUT2D eigenvalue weighted by atomic mass is 16.6. The molecule has 2 heterocycles. The zero-order valence-corrected chi connectivity index (χ0v) is 22.2. The molecule has 2 N–H and O–H groups in total. The summed E-state index contributed by atoms with van der Waals surface area (Å²) >= 11 is 0. The molecule has 0 radical (unpaired) electrons. The zero-order chi connectivity index (χ0) is 28.2. The molecular weight excluding hydrogens is 512 g/mol. The standard InChI is InChI=1S/C29H32N6O5/c1-34-18-10-16-26(34)25-19-31-35(33-25)28(37)30-17-9-8-15-24(27(36)39-20-22-11-4-2-5-12-22)32-29(38)40-21-23-13-6-3-7-14-23/h2-7,10-14,16,18-19,24H,8-9,15,17,20-21H2,1H3,(H,30,37)(H,32,38)/t24-/m0/s1. The number of alkyl carbamates (subject to hydrolysis) is 1. The third-order valence-corrected chi connectivity index (χ3v) is 6.09. The molecule has 0 fully saturated rings. The van der Waals surface area contributed by atoms with Crippen molar-refractivity contribution in [2.45, 2.75) is 38.5 Å². The van der Waals surface area contributed by atoms with Crippen molar-refractivity contribution in [2.24, 2.45) is 7.05 Å². The molecule has 0 saturated carbocycles. The highest BCUT2D eigenvalue weighted by Gasteiger charge is 2.23. The molecule has 208 valence electrons. The van der Waals surface area contributed by atoms with Crippen LogP contribution in [0.1, 0.15) is 30.4 Å². The Bertz CT molecular complexity index is 1390. The van der Waals surface area contributed by atoms with E-state index in [0.29, 0.717) is 31.5 Å². The lowest BCUT2D eigenvalue weighted by Gasteiger charge is -2.18. The van der Waals surface area contributed by atoms with Gasteiger partial charge < -0.3 is 24.7 Å². The lowest BCUT2D eigenvalue weighted by Crippen LogP contribution is -2.42. The molecule has 2 aromatic carbocycles. The predicted octanol–water partition coefficient (Wildman–Crippen LogP) is 4.05. The smallest absolute Gasteiger partial charge is 0.408 e. The van der Waals surface area contributed by atoms with Crippen molar-refractivity contribution < 1.29 is 23.9 Å². The SMILES string of the molecule is Cn1cccc1-c1cnn(C(=O)NCCCC[C@H](NC(=O)OCc2ccccc2)C(=O)OCc2ccccc2)n1. The van der Waals surface area contributed by atoms with Crippen molar-refractivity contribution in [3.8, 4) is 11.4 Å². The lowest BCUT2D eigenvalue weighted by molar-refractivity contribution is -0.147. The fourth-order valence-corrected chi connectivity index (χ4v) is 3.93. The topological polar surface area (TPSA) is 129 Å². The first kappa shape index (κ1) is 28.1. The molecular formula is C29H32N6O5. The maximum absolute atomic E-state index is 12.8. The highest BCUT2D eigenvalue weighted by molar-refractivity contribution is 5.81. The van der Waals surface area contributed by atoms with Gasteiger partial charge in [-0.1, -0.05) is 65.5 Å². The minimum atomic E-state index is -0.900. The molecule has 0 aliphatic carbocycles. The number of amides is 2. The van der Waals surface area contributed by atoms with Gasteiger partial charge in [-0.3, -0.25) is 0 Å². The second-order valence-corrected chi connectivity index (χ2v) is 9.10. The molecule has 0 aliphatic heterocycles. The lowest BCUT2D eigenvalue weighted by atomic mass is 10.1. The molecule has 0 unspecified atom stereocenters. The van der Waals surface area contributed by atoms with Crippen LogP contribution in [0.2, 0.25) is 0 Å². The van der Waals surface area contributed by atoms with E-state index in [0.717, 1.165) is 21.6 Å². The number of carbonyl (C=O) groups excluding carboxylic acids is 3. The van der Waals surface area contributed by atoms with E-state index in [-0.39, 0.29) is 13.2 Å². The molecule has 0 bridgehead atoms. The van der Waals surface area contributed by atoms with Crippen LogP contribution in [-0.4, -0.2) is 50.2 Å². The van der Waals surface area contributed by atoms with Crippen LogP contribution in [0.3, 0.4) is 0 Å². The van der Waals surface area contributed by atoms with Crippen LogP contribution < -0.4 is 10.6 Å². The van der Waals surface area contributed by atoms with Crippen LogP contribution in [0.15, 0.2) is 85.2 Å². The number of hydrogen-bond acceptors (Lipinski definition) is 7. The first-order chi connectivity index (χ1) is 19.5. The number of hydrogen-bond donors (Lipinski definition) is 2. The minimum Gasteiger partial charge on any atom is -0.459 e. The Balaban J connectivity index is 1.24. The van der Waals surface area contributed by atoms with E-state index in [9.17, 15) is 14.4 Å². The second kappa shape index (κ2) is 14.3. The van der Waals surface area contributed by atoms with Gasteiger partial charge in [0.25, 0.3) is 0 Å². The molecule has 2 amide bonds. The molecule has 0 saturated heterocycles. The number of esters is 1. The summed E-state index contributed by atoms with van der Waals surface area (Å²) in [7, 11) is 1.89. The average Bonchev–Trinajstić information content (AvgIpc) is 3.64. The van der Waals surface area contributed by atoms with Gasteiger partial charge in [0.2, 0.25) is 0 Å². The number of benzene rings is 2. The minimum absolute atomic E-state index is 0.0811. The number of unbranched alkanes of at least 4 members (excludes halogenated alkanes) is 1. The van der Waals surface area contributed by atoms with Gasteiger partial charge in [-0.05, 0) is 42.5 Å². The number of ether oxygens (including phenoxy) is 2. The number of aromatic nitrogens is 4. The molecule has 40 heavy (non-hydrogen) atoms. The van der Waals surface area contributed by atoms with Crippen molar-refractivity contribution in [1.82, 2.24) is 30.2 Å². The number of nitrogens with zero attached hydrogens (tertiary/aromatic N) is 4. The second-order valence-electron chi connectivity index (χ2n) is 9.10. The summed E-state index contributed by atoms with van der Waals surface area (Å²) in [5.74, 6) is -0.557. The fourth-order valence-electron chi connectivity index (χ4n) is 3.93. The predicted molar refractivity (Wildman–Crippen MR) is 147 cm³/mol. The van der Waals surface area contributed by atoms with E-state index >= 15 is 0 Å². The molecule has 11 heteroatoms. The quantitative estimate of drug-likeness (QED) is 0.203. The Morgan fingerprint density at radius 2 is 1.55 bits per heavy atom. The van der Waals surface area contributed by atoms with Crippen molar-refractivity contribution in [1.29, 1.82) is 0 Å². The number of nitrogens with one attached hydrogen (secondary N) is 2. The summed E-state index contributed by atoms with van der Waals surface area (Å²) in [4.78, 5) is 38.7. The Hall–Kier alpha value is -4.93. The normalized spacial score (nSPS) is 11.4. The molecule has 0 spiro atoms. The van der Waals surface area contributed by atoms with Crippen LogP contribution in [0.4, 0.5) is 9.59 Å². The van der Waals surface area contributed by atoms with Crippen molar-refractivity contribution in [3.63, 3.8) is 0 Å². The molecule has 1 atom stereocenters. The summed E-state index contributed by atoms with van der Waals surface area (Å²) in [6, 6.07) is 21.0. The van der Waals surface area contributed by atoms with E-state index in [1.165, 1.54) is 6.20 Å². The van der Waals surface area contributed by atoms with Gasteiger partial charge in [-0.2, -0.15) is 5.10 Å². The van der Waals surface area contributed by atoms with E-state index < -0.39 is 24.1 Å². The zero-order valence-electron chi connectivity index (χ0n) is 22.2. The van der Waals surface area contributed by atoms with Crippen molar-refractivity contribution in [2.75, 3.05) is 6.54 Å². The van der Waals surface area contributed by atoms with E-state index in [1.807, 2.05) is 90.6 Å². The molecule has 4 rings (SSSR count). The Morgan fingerprint density at radius 3 is 2.20 bits per heavy atom. The summed E-state index contributed by atoms with van der Waals surface area (Å²) in [5, 5.41) is 13.7. The van der Waals surface area contributed by atoms with E-state index in [4.69, 9.17) is 9.47 Å². The number of carbonyl (C=O) groups is 3. The summed E-state index contributed by atoms with van der Waals surface area (Å²) in [5.41, 5.74) is 3.11. The van der Waals surface area contributed by atoms with Gasteiger partial charge in [-0.25, -0.2) is 14.4 Å². The maximum Gasteiger partial charge on any atom is 0.408 e. The third kappa shape index (κ3) is 8.29. The average molecular weight is 545 g/mol. The number of aryl methyl sites for hydroxylation is 1. The van der Waals surface area contributed by atoms with Crippen molar-refractivity contribution >= 4 is 18.1 Å². The van der Waals surface area contributed by atoms with Crippen LogP contribution in [0, 0.1) is 0 Å². The van der Waals surface area contributed by atoms with Gasteiger partial charge in [0, 0.05) is 19.8 Å². The van der Waals surface area contributed by atoms with Gasteiger partial charge in [0.05, 0.1) is 11.9 Å². The maximum atomic E-state index is 12.8. The Morgan fingerprint density at radius 1 is 0.875 bits per heavy atom. The first-order valence-electron chi connectivity index (χ1n) is 13.0. The van der Waals surface area contributed by atoms with Crippen LogP contribution >= 0.6 is 0 Å². The van der Waals surface area contributed by atoms with Crippen molar-refractivity contribution in [3.05, 3.63) is 96.3 Å². The molecule has 2 aromatic heterocycles. The van der Waals surface area contributed by atoms with Gasteiger partial charge in [0.15, 0.2) is 0 Å². The Kier molecular flexibility index (Phi) is 10.0. The molecule has 0 aliphatic rings. The summed E-state index contributed by atoms with van der Waals surface area (Å²) < 4.78 is 12.6. The highest BCUT2D eigenvalue weighted by Crippen LogP contribution is 2.15. The largest absolute Gasteiger partial charge is 0.459 e. The summed E-state index contributed by atoms with van der Waals surface area (Å²) in [6.45, 7) is 0.510. The Labute approximate surface area is 232 Å². The number of rotatable bonds is 12. The van der Waals surface area contributed by atoms with Gasteiger partial charge >= 0.3 is 18.1 Å². The van der Waals surface area contributed by atoms with Crippen LogP contribution in [0.5, 0.6) is 0 Å². The first-order valence-corrected chi connectivity index (χ1v) is 13.0. The fraction of sp³-hybridized carbons (Fsp3) is 0.276. The van der Waals surface area contributed by atoms with E-state index in [2.05, 4.69) is 20.8 Å². The third-order valence-electron chi connectivity index (χ3n) is 6.09. The van der Waals surface area contributed by atoms with Gasteiger partial charge in [-0.15, -0.1) is 5.10 Å². The molecule has 4 aromatic rings. The van der Waals surface area contributed by atoms with E-state index in [1.54, 1.807) is 0 Å². The van der Waals surface area contributed by atoms with Crippen LogP contribution in [0.25, 0.3) is 11.4 Å². The van der Waals surface area contributed by atoms with Gasteiger partial charge in [0.1, 0.15) is 24.9 Å². The molecule has 11 nitrogen and oxygen atoms in total.